The van der Waals surface area contributed by atoms with E-state index < -0.39 is 0 Å². The second-order valence-corrected chi connectivity index (χ2v) is 8.43. The van der Waals surface area contributed by atoms with Crippen LogP contribution in [0.1, 0.15) is 22.5 Å². The summed E-state index contributed by atoms with van der Waals surface area (Å²) in [6.45, 7) is 11.9. The van der Waals surface area contributed by atoms with Crippen LogP contribution in [0.2, 0.25) is 0 Å². The van der Waals surface area contributed by atoms with E-state index >= 15 is 0 Å². The highest BCUT2D eigenvalue weighted by Gasteiger charge is 2.18. The Labute approximate surface area is 191 Å². The van der Waals surface area contributed by atoms with Gasteiger partial charge in [-0.05, 0) is 44.9 Å². The van der Waals surface area contributed by atoms with Gasteiger partial charge < -0.3 is 15.1 Å². The maximum absolute atomic E-state index is 12.3. The van der Waals surface area contributed by atoms with E-state index in [0.29, 0.717) is 17.5 Å². The highest BCUT2D eigenvalue weighted by Crippen LogP contribution is 2.27. The van der Waals surface area contributed by atoms with Crippen molar-refractivity contribution in [3.8, 4) is 11.4 Å². The van der Waals surface area contributed by atoms with Crippen molar-refractivity contribution in [2.45, 2.75) is 39.4 Å². The molecule has 0 radical (unpaired) electrons. The van der Waals surface area contributed by atoms with E-state index in [0.717, 1.165) is 33.7 Å². The molecule has 32 heavy (non-hydrogen) atoms. The summed E-state index contributed by atoms with van der Waals surface area (Å²) in [6.07, 6.45) is 3.34. The molecular formula is C23H27N5O3S. The van der Waals surface area contributed by atoms with Gasteiger partial charge in [0.05, 0.1) is 24.1 Å². The number of rotatable bonds is 9. The maximum Gasteiger partial charge on any atom is 0.243 e. The van der Waals surface area contributed by atoms with Crippen LogP contribution in [0.15, 0.2) is 46.7 Å². The third-order valence-electron chi connectivity index (χ3n) is 4.85. The van der Waals surface area contributed by atoms with Gasteiger partial charge in [0.15, 0.2) is 11.0 Å². The molecule has 0 bridgehead atoms. The number of carbonyl (C=O) groups is 2. The summed E-state index contributed by atoms with van der Waals surface area (Å²) in [5.41, 5.74) is 4.74. The SMILES string of the molecule is C=CCn1c(SCC(=O)NCC(=O)Nc2c(C)cc(C)cc2C)nnc1-c1ccoc1C. The lowest BCUT2D eigenvalue weighted by atomic mass is 10.1. The number of nitrogens with zero attached hydrogens (tertiary/aromatic N) is 3. The van der Waals surface area contributed by atoms with Crippen molar-refractivity contribution in [1.29, 1.82) is 0 Å². The molecule has 3 rings (SSSR count). The quantitative estimate of drug-likeness (QED) is 0.377. The van der Waals surface area contributed by atoms with Crippen LogP contribution in [0.25, 0.3) is 11.4 Å². The number of nitrogens with one attached hydrogen (secondary N) is 2. The van der Waals surface area contributed by atoms with Gasteiger partial charge >= 0.3 is 0 Å². The molecule has 0 saturated heterocycles. The number of allylic oxidation sites excluding steroid dienone is 1. The van der Waals surface area contributed by atoms with Gasteiger partial charge in [0.25, 0.3) is 0 Å². The third-order valence-corrected chi connectivity index (χ3v) is 5.81. The van der Waals surface area contributed by atoms with Gasteiger partial charge in [0, 0.05) is 12.2 Å². The van der Waals surface area contributed by atoms with Crippen molar-refractivity contribution in [2.75, 3.05) is 17.6 Å². The monoisotopic (exact) mass is 453 g/mol. The molecule has 0 aliphatic carbocycles. The number of benzene rings is 1. The Morgan fingerprint density at radius 3 is 2.50 bits per heavy atom. The highest BCUT2D eigenvalue weighted by atomic mass is 32.2. The molecule has 2 aromatic heterocycles. The largest absolute Gasteiger partial charge is 0.469 e. The minimum Gasteiger partial charge on any atom is -0.469 e. The van der Waals surface area contributed by atoms with Crippen molar-refractivity contribution in [3.05, 3.63) is 59.6 Å². The first-order valence-electron chi connectivity index (χ1n) is 10.2. The second-order valence-electron chi connectivity index (χ2n) is 7.48. The summed E-state index contributed by atoms with van der Waals surface area (Å²) in [6, 6.07) is 5.85. The van der Waals surface area contributed by atoms with Gasteiger partial charge in [-0.1, -0.05) is 35.5 Å². The van der Waals surface area contributed by atoms with E-state index in [1.54, 1.807) is 12.3 Å². The van der Waals surface area contributed by atoms with E-state index in [1.165, 1.54) is 11.8 Å². The minimum absolute atomic E-state index is 0.106. The Bertz CT molecular complexity index is 1130. The molecule has 0 spiro atoms. The molecule has 0 saturated carbocycles. The molecule has 0 unspecified atom stereocenters. The van der Waals surface area contributed by atoms with Crippen molar-refractivity contribution < 1.29 is 14.0 Å². The minimum atomic E-state index is -0.272. The number of anilines is 1. The smallest absolute Gasteiger partial charge is 0.243 e. The predicted molar refractivity (Wildman–Crippen MR) is 126 cm³/mol. The summed E-state index contributed by atoms with van der Waals surface area (Å²) in [5.74, 6) is 0.960. The Kier molecular flexibility index (Phi) is 7.53. The Hall–Kier alpha value is -3.33. The van der Waals surface area contributed by atoms with Gasteiger partial charge in [0.1, 0.15) is 5.76 Å². The maximum atomic E-state index is 12.3. The molecular weight excluding hydrogens is 426 g/mol. The fraction of sp³-hybridized carbons (Fsp3) is 0.304. The summed E-state index contributed by atoms with van der Waals surface area (Å²) < 4.78 is 7.23. The molecule has 0 fully saturated rings. The van der Waals surface area contributed by atoms with Crippen LogP contribution < -0.4 is 10.6 Å². The van der Waals surface area contributed by atoms with Crippen molar-refractivity contribution in [3.63, 3.8) is 0 Å². The Balaban J connectivity index is 1.56. The van der Waals surface area contributed by atoms with E-state index in [2.05, 4.69) is 27.4 Å². The molecule has 2 N–H and O–H groups in total. The molecule has 2 heterocycles. The van der Waals surface area contributed by atoms with Crippen LogP contribution in [-0.2, 0) is 16.1 Å². The Morgan fingerprint density at radius 1 is 1.16 bits per heavy atom. The lowest BCUT2D eigenvalue weighted by Crippen LogP contribution is -2.34. The number of carbonyl (C=O) groups excluding carboxylic acids is 2. The number of hydrogen-bond acceptors (Lipinski definition) is 6. The molecule has 2 amide bonds. The third kappa shape index (κ3) is 5.47. The van der Waals surface area contributed by atoms with E-state index in [-0.39, 0.29) is 24.1 Å². The van der Waals surface area contributed by atoms with Crippen LogP contribution in [0.5, 0.6) is 0 Å². The van der Waals surface area contributed by atoms with Crippen molar-refractivity contribution in [2.24, 2.45) is 0 Å². The van der Waals surface area contributed by atoms with E-state index in [1.807, 2.05) is 50.5 Å². The average Bonchev–Trinajstić information content (AvgIpc) is 3.33. The zero-order valence-corrected chi connectivity index (χ0v) is 19.5. The fourth-order valence-electron chi connectivity index (χ4n) is 3.43. The second kappa shape index (κ2) is 10.3. The van der Waals surface area contributed by atoms with Gasteiger partial charge in [-0.25, -0.2) is 0 Å². The number of aryl methyl sites for hydroxylation is 4. The molecule has 3 aromatic rings. The summed E-state index contributed by atoms with van der Waals surface area (Å²) in [4.78, 5) is 24.6. The predicted octanol–water partition coefficient (Wildman–Crippen LogP) is 3.80. The zero-order chi connectivity index (χ0) is 23.3. The van der Waals surface area contributed by atoms with Gasteiger partial charge in [-0.2, -0.15) is 0 Å². The van der Waals surface area contributed by atoms with E-state index in [9.17, 15) is 9.59 Å². The molecule has 0 aliphatic heterocycles. The van der Waals surface area contributed by atoms with Crippen LogP contribution in [-0.4, -0.2) is 38.9 Å². The van der Waals surface area contributed by atoms with Gasteiger partial charge in [-0.3, -0.25) is 14.2 Å². The molecule has 9 heteroatoms. The topological polar surface area (TPSA) is 102 Å². The summed E-state index contributed by atoms with van der Waals surface area (Å²) in [7, 11) is 0. The number of aromatic nitrogens is 3. The summed E-state index contributed by atoms with van der Waals surface area (Å²) in [5, 5.41) is 14.6. The van der Waals surface area contributed by atoms with E-state index in [4.69, 9.17) is 4.42 Å². The van der Waals surface area contributed by atoms with Gasteiger partial charge in [-0.15, -0.1) is 16.8 Å². The molecule has 0 atom stereocenters. The van der Waals surface area contributed by atoms with Crippen molar-refractivity contribution in [1.82, 2.24) is 20.1 Å². The molecule has 8 nitrogen and oxygen atoms in total. The Morgan fingerprint density at radius 2 is 1.88 bits per heavy atom. The summed E-state index contributed by atoms with van der Waals surface area (Å²) >= 11 is 1.25. The standard InChI is InChI=1S/C23H27N5O3S/c1-6-8-28-22(18-7-9-31-17(18)5)26-27-23(28)32-13-20(30)24-12-19(29)25-21-15(3)10-14(2)11-16(21)4/h6-7,9-11H,1,8,12-13H2,2-5H3,(H,24,30)(H,25,29). The number of amides is 2. The zero-order valence-electron chi connectivity index (χ0n) is 18.7. The first kappa shape index (κ1) is 23.3. The van der Waals surface area contributed by atoms with Crippen LogP contribution >= 0.6 is 11.8 Å². The highest BCUT2D eigenvalue weighted by molar-refractivity contribution is 7.99. The molecule has 168 valence electrons. The average molecular weight is 454 g/mol. The lowest BCUT2D eigenvalue weighted by Gasteiger charge is -2.13. The lowest BCUT2D eigenvalue weighted by molar-refractivity contribution is -0.122. The van der Waals surface area contributed by atoms with Crippen LogP contribution in [0.4, 0.5) is 5.69 Å². The van der Waals surface area contributed by atoms with Crippen molar-refractivity contribution >= 4 is 29.3 Å². The number of hydrogen-bond donors (Lipinski definition) is 2. The van der Waals surface area contributed by atoms with Crippen LogP contribution in [0.3, 0.4) is 0 Å². The number of furan rings is 1. The molecule has 1 aromatic carbocycles. The normalized spacial score (nSPS) is 10.8. The van der Waals surface area contributed by atoms with Crippen LogP contribution in [0, 0.1) is 27.7 Å². The fourth-order valence-corrected chi connectivity index (χ4v) is 4.20. The first-order valence-corrected chi connectivity index (χ1v) is 11.1. The molecule has 0 aliphatic rings. The first-order chi connectivity index (χ1) is 15.3. The number of thioether (sulfide) groups is 1. The van der Waals surface area contributed by atoms with Gasteiger partial charge in [0.2, 0.25) is 11.8 Å².